The number of nitrogens with one attached hydrogen (secondary N) is 1. The van der Waals surface area contributed by atoms with E-state index in [0.717, 1.165) is 55.2 Å². The molecule has 1 N–H and O–H groups in total. The minimum Gasteiger partial charge on any atom is -0.354 e. The number of anilines is 4. The average Bonchev–Trinajstić information content (AvgIpc) is 3.27. The van der Waals surface area contributed by atoms with Crippen LogP contribution in [-0.4, -0.2) is 35.0 Å². The van der Waals surface area contributed by atoms with Crippen LogP contribution in [0.4, 0.5) is 23.1 Å². The van der Waals surface area contributed by atoms with Crippen molar-refractivity contribution in [1.82, 2.24) is 9.97 Å². The largest absolute Gasteiger partial charge is 0.354 e. The molecular formula is C22H29N5O. The molecule has 148 valence electrons. The Bertz CT molecular complexity index is 881. The standard InChI is InChI=1S/C22H29N5O/c1-4-6-18-14-21(26-11-5-7-15(26)2)25-22(23-18)24-19-9-8-17-10-12-27(16(3)28)20(17)13-19/h8-9,13-15H,4-7,10-12H2,1-3H3,(H,23,24,25). The monoisotopic (exact) mass is 379 g/mol. The van der Waals surface area contributed by atoms with Gasteiger partial charge in [0.2, 0.25) is 11.9 Å². The third-order valence-electron chi connectivity index (χ3n) is 5.74. The van der Waals surface area contributed by atoms with Gasteiger partial charge in [0.05, 0.1) is 0 Å². The third kappa shape index (κ3) is 3.68. The van der Waals surface area contributed by atoms with Gasteiger partial charge in [-0.25, -0.2) is 4.98 Å². The molecule has 0 aliphatic carbocycles. The molecule has 6 heteroatoms. The molecule has 6 nitrogen and oxygen atoms in total. The van der Waals surface area contributed by atoms with E-state index in [1.165, 1.54) is 18.4 Å². The second-order valence-corrected chi connectivity index (χ2v) is 7.86. The maximum Gasteiger partial charge on any atom is 0.229 e. The smallest absolute Gasteiger partial charge is 0.229 e. The lowest BCUT2D eigenvalue weighted by Gasteiger charge is -2.23. The molecule has 2 aliphatic rings. The summed E-state index contributed by atoms with van der Waals surface area (Å²) in [5, 5.41) is 3.38. The quantitative estimate of drug-likeness (QED) is 0.848. The van der Waals surface area contributed by atoms with Crippen molar-refractivity contribution in [2.45, 2.75) is 58.9 Å². The van der Waals surface area contributed by atoms with Crippen LogP contribution in [-0.2, 0) is 17.6 Å². The zero-order valence-corrected chi connectivity index (χ0v) is 17.0. The zero-order chi connectivity index (χ0) is 19.7. The molecule has 28 heavy (non-hydrogen) atoms. The number of benzene rings is 1. The molecule has 1 atom stereocenters. The number of nitrogens with zero attached hydrogens (tertiary/aromatic N) is 4. The second-order valence-electron chi connectivity index (χ2n) is 7.86. The predicted molar refractivity (Wildman–Crippen MR) is 114 cm³/mol. The summed E-state index contributed by atoms with van der Waals surface area (Å²) in [6, 6.07) is 8.84. The first-order chi connectivity index (χ1) is 13.5. The summed E-state index contributed by atoms with van der Waals surface area (Å²) in [5.74, 6) is 1.73. The lowest BCUT2D eigenvalue weighted by molar-refractivity contribution is -0.116. The third-order valence-corrected chi connectivity index (χ3v) is 5.74. The van der Waals surface area contributed by atoms with Crippen LogP contribution in [0.5, 0.6) is 0 Å². The number of fused-ring (bicyclic) bond motifs is 1. The van der Waals surface area contributed by atoms with Gasteiger partial charge in [0, 0.05) is 49.2 Å². The zero-order valence-electron chi connectivity index (χ0n) is 17.0. The first kappa shape index (κ1) is 18.7. The van der Waals surface area contributed by atoms with Crippen molar-refractivity contribution in [3.8, 4) is 0 Å². The van der Waals surface area contributed by atoms with Crippen LogP contribution in [0.25, 0.3) is 0 Å². The minimum atomic E-state index is 0.0856. The number of hydrogen-bond acceptors (Lipinski definition) is 5. The van der Waals surface area contributed by atoms with Crippen LogP contribution in [0.2, 0.25) is 0 Å². The van der Waals surface area contributed by atoms with Crippen molar-refractivity contribution in [1.29, 1.82) is 0 Å². The molecule has 1 unspecified atom stereocenters. The summed E-state index contributed by atoms with van der Waals surface area (Å²) in [4.78, 5) is 25.7. The van der Waals surface area contributed by atoms with Crippen molar-refractivity contribution >= 4 is 29.0 Å². The van der Waals surface area contributed by atoms with Crippen LogP contribution in [0.3, 0.4) is 0 Å². The van der Waals surface area contributed by atoms with Crippen molar-refractivity contribution in [2.24, 2.45) is 0 Å². The Labute approximate surface area is 167 Å². The highest BCUT2D eigenvalue weighted by atomic mass is 16.2. The number of carbonyl (C=O) groups is 1. The van der Waals surface area contributed by atoms with E-state index in [-0.39, 0.29) is 5.91 Å². The van der Waals surface area contributed by atoms with E-state index in [1.807, 2.05) is 11.0 Å². The minimum absolute atomic E-state index is 0.0856. The molecule has 4 rings (SSSR count). The normalized spacial score (nSPS) is 18.5. The molecule has 3 heterocycles. The van der Waals surface area contributed by atoms with Gasteiger partial charge in [-0.2, -0.15) is 4.98 Å². The molecule has 1 fully saturated rings. The highest BCUT2D eigenvalue weighted by molar-refractivity contribution is 5.94. The van der Waals surface area contributed by atoms with Gasteiger partial charge in [-0.1, -0.05) is 19.4 Å². The topological polar surface area (TPSA) is 61.4 Å². The summed E-state index contributed by atoms with van der Waals surface area (Å²) in [7, 11) is 0. The van der Waals surface area contributed by atoms with E-state index in [9.17, 15) is 4.79 Å². The van der Waals surface area contributed by atoms with Gasteiger partial charge in [-0.15, -0.1) is 0 Å². The first-order valence-corrected chi connectivity index (χ1v) is 10.4. The molecule has 0 radical (unpaired) electrons. The Hall–Kier alpha value is -2.63. The van der Waals surface area contributed by atoms with E-state index in [0.29, 0.717) is 12.0 Å². The summed E-state index contributed by atoms with van der Waals surface area (Å²) in [6.07, 6.45) is 5.32. The van der Waals surface area contributed by atoms with E-state index in [4.69, 9.17) is 9.97 Å². The Kier molecular flexibility index (Phi) is 5.20. The molecule has 1 aromatic heterocycles. The van der Waals surface area contributed by atoms with Gasteiger partial charge >= 0.3 is 0 Å². The Morgan fingerprint density at radius 2 is 2.11 bits per heavy atom. The van der Waals surface area contributed by atoms with Crippen LogP contribution in [0, 0.1) is 0 Å². The number of carbonyl (C=O) groups excluding carboxylic acids is 1. The maximum atomic E-state index is 11.9. The summed E-state index contributed by atoms with van der Waals surface area (Å²) >= 11 is 0. The molecule has 2 aromatic rings. The molecular weight excluding hydrogens is 350 g/mol. The van der Waals surface area contributed by atoms with Crippen LogP contribution < -0.4 is 15.1 Å². The number of aryl methyl sites for hydroxylation is 1. The second kappa shape index (κ2) is 7.78. The van der Waals surface area contributed by atoms with E-state index < -0.39 is 0 Å². The van der Waals surface area contributed by atoms with Gasteiger partial charge in [0.15, 0.2) is 0 Å². The molecule has 0 spiro atoms. The molecule has 0 bridgehead atoms. The Balaban J connectivity index is 1.63. The molecule has 1 amide bonds. The van der Waals surface area contributed by atoms with Crippen LogP contribution in [0.15, 0.2) is 24.3 Å². The van der Waals surface area contributed by atoms with Gasteiger partial charge in [0.1, 0.15) is 5.82 Å². The van der Waals surface area contributed by atoms with Crippen LogP contribution in [0.1, 0.15) is 51.3 Å². The van der Waals surface area contributed by atoms with E-state index >= 15 is 0 Å². The number of amides is 1. The SMILES string of the molecule is CCCc1cc(N2CCCC2C)nc(Nc2ccc3c(c2)N(C(C)=O)CC3)n1. The van der Waals surface area contributed by atoms with Crippen molar-refractivity contribution in [3.05, 3.63) is 35.5 Å². The summed E-state index contributed by atoms with van der Waals surface area (Å²) < 4.78 is 0. The lowest BCUT2D eigenvalue weighted by Crippen LogP contribution is -2.27. The van der Waals surface area contributed by atoms with Crippen molar-refractivity contribution < 1.29 is 4.79 Å². The Morgan fingerprint density at radius 1 is 1.25 bits per heavy atom. The molecule has 1 saturated heterocycles. The highest BCUT2D eigenvalue weighted by Crippen LogP contribution is 2.32. The fourth-order valence-electron chi connectivity index (χ4n) is 4.26. The Morgan fingerprint density at radius 3 is 2.82 bits per heavy atom. The number of aromatic nitrogens is 2. The van der Waals surface area contributed by atoms with Gasteiger partial charge in [-0.05, 0) is 50.3 Å². The van der Waals surface area contributed by atoms with Crippen molar-refractivity contribution in [2.75, 3.05) is 28.2 Å². The fraction of sp³-hybridized carbons (Fsp3) is 0.500. The number of hydrogen-bond donors (Lipinski definition) is 1. The highest BCUT2D eigenvalue weighted by Gasteiger charge is 2.24. The maximum absolute atomic E-state index is 11.9. The molecule has 2 aliphatic heterocycles. The van der Waals surface area contributed by atoms with E-state index in [2.05, 4.69) is 42.3 Å². The van der Waals surface area contributed by atoms with Crippen LogP contribution >= 0.6 is 0 Å². The van der Waals surface area contributed by atoms with E-state index in [1.54, 1.807) is 6.92 Å². The average molecular weight is 380 g/mol. The van der Waals surface area contributed by atoms with Gasteiger partial charge in [0.25, 0.3) is 0 Å². The summed E-state index contributed by atoms with van der Waals surface area (Å²) in [5.41, 5.74) is 4.20. The first-order valence-electron chi connectivity index (χ1n) is 10.4. The fourth-order valence-corrected chi connectivity index (χ4v) is 4.26. The molecule has 1 aromatic carbocycles. The van der Waals surface area contributed by atoms with Gasteiger partial charge < -0.3 is 15.1 Å². The van der Waals surface area contributed by atoms with Crippen molar-refractivity contribution in [3.63, 3.8) is 0 Å². The molecule has 0 saturated carbocycles. The van der Waals surface area contributed by atoms with Gasteiger partial charge in [-0.3, -0.25) is 4.79 Å². The number of rotatable bonds is 5. The predicted octanol–water partition coefficient (Wildman–Crippen LogP) is 4.07. The lowest BCUT2D eigenvalue weighted by atomic mass is 10.1. The summed E-state index contributed by atoms with van der Waals surface area (Å²) in [6.45, 7) is 7.86.